The van der Waals surface area contributed by atoms with Crippen LogP contribution in [-0.4, -0.2) is 32.9 Å². The summed E-state index contributed by atoms with van der Waals surface area (Å²) in [5.41, 5.74) is 0.694. The summed E-state index contributed by atoms with van der Waals surface area (Å²) < 4.78 is 23.0. The second-order valence-corrected chi connectivity index (χ2v) is 7.01. The standard InChI is InChI=1S/C15H17NO3S/c1-3-20(18,19)11-15(17)16(2)14-9-8-12-6-4-5-7-13(12)10-14/h4-10H,3,11H2,1-2H3. The van der Waals surface area contributed by atoms with Crippen LogP contribution in [0.25, 0.3) is 10.8 Å². The quantitative estimate of drug-likeness (QED) is 0.868. The van der Waals surface area contributed by atoms with E-state index in [1.807, 2.05) is 42.5 Å². The van der Waals surface area contributed by atoms with E-state index in [9.17, 15) is 13.2 Å². The van der Waals surface area contributed by atoms with E-state index in [-0.39, 0.29) is 5.75 Å². The minimum atomic E-state index is -3.31. The summed E-state index contributed by atoms with van der Waals surface area (Å²) in [4.78, 5) is 13.4. The third-order valence-corrected chi connectivity index (χ3v) is 4.84. The van der Waals surface area contributed by atoms with E-state index < -0.39 is 21.5 Å². The van der Waals surface area contributed by atoms with Crippen molar-refractivity contribution < 1.29 is 13.2 Å². The summed E-state index contributed by atoms with van der Waals surface area (Å²) >= 11 is 0. The molecule has 20 heavy (non-hydrogen) atoms. The predicted octanol–water partition coefficient (Wildman–Crippen LogP) is 2.24. The zero-order valence-electron chi connectivity index (χ0n) is 11.5. The van der Waals surface area contributed by atoms with Crippen LogP contribution in [0.15, 0.2) is 42.5 Å². The fourth-order valence-corrected chi connectivity index (χ4v) is 2.69. The normalized spacial score (nSPS) is 11.5. The molecule has 0 spiro atoms. The average molecular weight is 291 g/mol. The van der Waals surface area contributed by atoms with Crippen LogP contribution in [0.3, 0.4) is 0 Å². The first-order chi connectivity index (χ1) is 9.43. The largest absolute Gasteiger partial charge is 0.315 e. The Balaban J connectivity index is 2.27. The fraction of sp³-hybridized carbons (Fsp3) is 0.267. The second-order valence-electron chi connectivity index (χ2n) is 4.66. The first-order valence-corrected chi connectivity index (χ1v) is 8.21. The number of carbonyl (C=O) groups is 1. The lowest BCUT2D eigenvalue weighted by Crippen LogP contribution is -2.32. The van der Waals surface area contributed by atoms with Crippen molar-refractivity contribution in [3.63, 3.8) is 0 Å². The Morgan fingerprint density at radius 2 is 1.75 bits per heavy atom. The molecule has 0 unspecified atom stereocenters. The Hall–Kier alpha value is -1.88. The number of fused-ring (bicyclic) bond motifs is 1. The molecule has 2 rings (SSSR count). The van der Waals surface area contributed by atoms with Crippen LogP contribution in [-0.2, 0) is 14.6 Å². The predicted molar refractivity (Wildman–Crippen MR) is 81.7 cm³/mol. The molecule has 106 valence electrons. The van der Waals surface area contributed by atoms with E-state index in [0.717, 1.165) is 10.8 Å². The van der Waals surface area contributed by atoms with Gasteiger partial charge in [-0.05, 0) is 22.9 Å². The van der Waals surface area contributed by atoms with Crippen LogP contribution >= 0.6 is 0 Å². The summed E-state index contributed by atoms with van der Waals surface area (Å²) in [5.74, 6) is -0.890. The van der Waals surface area contributed by atoms with Gasteiger partial charge in [0.25, 0.3) is 0 Å². The van der Waals surface area contributed by atoms with Gasteiger partial charge in [-0.25, -0.2) is 8.42 Å². The highest BCUT2D eigenvalue weighted by atomic mass is 32.2. The summed E-state index contributed by atoms with van der Waals surface area (Å²) in [6.07, 6.45) is 0. The van der Waals surface area contributed by atoms with Crippen LogP contribution in [0.1, 0.15) is 6.92 Å². The lowest BCUT2D eigenvalue weighted by atomic mass is 10.1. The van der Waals surface area contributed by atoms with Crippen molar-refractivity contribution in [3.05, 3.63) is 42.5 Å². The van der Waals surface area contributed by atoms with Crippen molar-refractivity contribution in [3.8, 4) is 0 Å². The molecule has 0 N–H and O–H groups in total. The molecule has 5 heteroatoms. The number of rotatable bonds is 4. The van der Waals surface area contributed by atoms with Gasteiger partial charge < -0.3 is 4.90 Å². The van der Waals surface area contributed by atoms with Gasteiger partial charge in [-0.3, -0.25) is 4.79 Å². The highest BCUT2D eigenvalue weighted by molar-refractivity contribution is 7.92. The van der Waals surface area contributed by atoms with Crippen molar-refractivity contribution in [1.29, 1.82) is 0 Å². The molecular formula is C15H17NO3S. The van der Waals surface area contributed by atoms with Crippen LogP contribution in [0.2, 0.25) is 0 Å². The Labute approximate surface area is 118 Å². The van der Waals surface area contributed by atoms with Crippen molar-refractivity contribution in [2.24, 2.45) is 0 Å². The van der Waals surface area contributed by atoms with Crippen molar-refractivity contribution in [2.45, 2.75) is 6.92 Å². The van der Waals surface area contributed by atoms with Gasteiger partial charge in [0.15, 0.2) is 9.84 Å². The average Bonchev–Trinajstić information content (AvgIpc) is 2.45. The van der Waals surface area contributed by atoms with Gasteiger partial charge >= 0.3 is 0 Å². The first kappa shape index (κ1) is 14.5. The maximum absolute atomic E-state index is 12.0. The zero-order chi connectivity index (χ0) is 14.8. The fourth-order valence-electron chi connectivity index (χ4n) is 1.92. The Morgan fingerprint density at radius 3 is 2.40 bits per heavy atom. The summed E-state index contributed by atoms with van der Waals surface area (Å²) in [6.45, 7) is 1.54. The van der Waals surface area contributed by atoms with E-state index in [2.05, 4.69) is 0 Å². The molecular weight excluding hydrogens is 274 g/mol. The summed E-state index contributed by atoms with van der Waals surface area (Å²) in [5, 5.41) is 2.10. The van der Waals surface area contributed by atoms with Crippen molar-refractivity contribution in [2.75, 3.05) is 23.5 Å². The van der Waals surface area contributed by atoms with Crippen molar-refractivity contribution in [1.82, 2.24) is 0 Å². The lowest BCUT2D eigenvalue weighted by Gasteiger charge is -2.17. The van der Waals surface area contributed by atoms with Gasteiger partial charge in [0.1, 0.15) is 5.75 Å². The molecule has 0 fully saturated rings. The number of hydrogen-bond donors (Lipinski definition) is 0. The van der Waals surface area contributed by atoms with Gasteiger partial charge in [0.2, 0.25) is 5.91 Å². The van der Waals surface area contributed by atoms with E-state index in [1.54, 1.807) is 14.0 Å². The van der Waals surface area contributed by atoms with E-state index in [1.165, 1.54) is 4.90 Å². The Morgan fingerprint density at radius 1 is 1.10 bits per heavy atom. The van der Waals surface area contributed by atoms with Gasteiger partial charge in [-0.1, -0.05) is 37.3 Å². The van der Waals surface area contributed by atoms with E-state index in [0.29, 0.717) is 5.69 Å². The minimum Gasteiger partial charge on any atom is -0.315 e. The van der Waals surface area contributed by atoms with Gasteiger partial charge in [0.05, 0.1) is 0 Å². The third kappa shape index (κ3) is 3.17. The molecule has 0 saturated carbocycles. The third-order valence-electron chi connectivity index (χ3n) is 3.28. The van der Waals surface area contributed by atoms with Crippen LogP contribution in [0.5, 0.6) is 0 Å². The Bertz CT molecular complexity index is 738. The highest BCUT2D eigenvalue weighted by Crippen LogP contribution is 2.21. The molecule has 0 atom stereocenters. The maximum atomic E-state index is 12.0. The summed E-state index contributed by atoms with van der Waals surface area (Å²) in [7, 11) is -1.71. The molecule has 2 aromatic rings. The number of carbonyl (C=O) groups excluding carboxylic acids is 1. The molecule has 0 radical (unpaired) electrons. The Kier molecular flexibility index (Phi) is 4.09. The molecule has 0 aliphatic carbocycles. The van der Waals surface area contributed by atoms with Gasteiger partial charge in [-0.15, -0.1) is 0 Å². The minimum absolute atomic E-state index is 0.0235. The molecule has 1 amide bonds. The molecule has 2 aromatic carbocycles. The SMILES string of the molecule is CCS(=O)(=O)CC(=O)N(C)c1ccc2ccccc2c1. The monoisotopic (exact) mass is 291 g/mol. The first-order valence-electron chi connectivity index (χ1n) is 6.39. The van der Waals surface area contributed by atoms with E-state index >= 15 is 0 Å². The van der Waals surface area contributed by atoms with Gasteiger partial charge in [-0.2, -0.15) is 0 Å². The maximum Gasteiger partial charge on any atom is 0.241 e. The van der Waals surface area contributed by atoms with E-state index in [4.69, 9.17) is 0 Å². The molecule has 0 heterocycles. The number of sulfone groups is 1. The molecule has 0 bridgehead atoms. The number of nitrogens with zero attached hydrogens (tertiary/aromatic N) is 1. The molecule has 0 aliphatic rings. The number of hydrogen-bond acceptors (Lipinski definition) is 3. The lowest BCUT2D eigenvalue weighted by molar-refractivity contribution is -0.115. The number of amides is 1. The molecule has 0 aliphatic heterocycles. The van der Waals surface area contributed by atoms with Gasteiger partial charge in [0, 0.05) is 18.5 Å². The smallest absolute Gasteiger partial charge is 0.241 e. The van der Waals surface area contributed by atoms with Crippen LogP contribution in [0.4, 0.5) is 5.69 Å². The molecule has 4 nitrogen and oxygen atoms in total. The van der Waals surface area contributed by atoms with Crippen LogP contribution in [0, 0.1) is 0 Å². The number of anilines is 1. The topological polar surface area (TPSA) is 54.5 Å². The highest BCUT2D eigenvalue weighted by Gasteiger charge is 2.19. The number of benzene rings is 2. The molecule has 0 aromatic heterocycles. The van der Waals surface area contributed by atoms with Crippen LogP contribution < -0.4 is 4.90 Å². The zero-order valence-corrected chi connectivity index (χ0v) is 12.4. The molecule has 0 saturated heterocycles. The van der Waals surface area contributed by atoms with Crippen molar-refractivity contribution >= 4 is 32.2 Å². The second kappa shape index (κ2) is 5.63. The summed E-state index contributed by atoms with van der Waals surface area (Å²) in [6, 6.07) is 13.4.